The third-order valence-electron chi connectivity index (χ3n) is 4.71. The first-order valence-corrected chi connectivity index (χ1v) is 10.1. The van der Waals surface area contributed by atoms with Gasteiger partial charge in [0.05, 0.1) is 6.04 Å². The molecule has 1 amide bonds. The van der Waals surface area contributed by atoms with Crippen molar-refractivity contribution in [1.82, 2.24) is 0 Å². The van der Waals surface area contributed by atoms with Gasteiger partial charge in [0.25, 0.3) is 5.91 Å². The zero-order chi connectivity index (χ0) is 22.9. The number of rotatable bonds is 5. The topological polar surface area (TPSA) is 41.6 Å². The summed E-state index contributed by atoms with van der Waals surface area (Å²) in [6.07, 6.45) is -3.17. The van der Waals surface area contributed by atoms with Crippen LogP contribution in [-0.2, 0) is 4.79 Å². The van der Waals surface area contributed by atoms with E-state index in [-0.39, 0.29) is 17.4 Å². The fraction of sp³-hybridized carbons (Fsp3) is 0.0870. The lowest BCUT2D eigenvalue weighted by Crippen LogP contribution is -2.30. The largest absolute Gasteiger partial charge is 0.573 e. The van der Waals surface area contributed by atoms with E-state index in [9.17, 15) is 18.0 Å². The van der Waals surface area contributed by atoms with E-state index in [1.807, 2.05) is 0 Å². The number of nitrogens with one attached hydrogen (secondary N) is 1. The van der Waals surface area contributed by atoms with E-state index in [4.69, 9.17) is 23.2 Å². The minimum absolute atomic E-state index is 0.273. The molecule has 0 radical (unpaired) electrons. The Morgan fingerprint density at radius 2 is 1.53 bits per heavy atom. The lowest BCUT2D eigenvalue weighted by Gasteiger charge is -2.25. The first kappa shape index (κ1) is 22.0. The van der Waals surface area contributed by atoms with Gasteiger partial charge in [0, 0.05) is 21.4 Å². The first-order chi connectivity index (χ1) is 15.2. The molecule has 4 nitrogen and oxygen atoms in total. The highest BCUT2D eigenvalue weighted by Gasteiger charge is 2.36. The van der Waals surface area contributed by atoms with Crippen molar-refractivity contribution < 1.29 is 22.7 Å². The van der Waals surface area contributed by atoms with Crippen molar-refractivity contribution in [2.75, 3.05) is 10.2 Å². The van der Waals surface area contributed by atoms with Gasteiger partial charge in [0.1, 0.15) is 11.4 Å². The molecule has 3 aromatic rings. The number of carbonyl (C=O) groups is 1. The van der Waals surface area contributed by atoms with E-state index in [0.717, 1.165) is 0 Å². The number of hydrogen-bond donors (Lipinski definition) is 1. The van der Waals surface area contributed by atoms with Crippen molar-refractivity contribution in [2.45, 2.75) is 12.4 Å². The fourth-order valence-electron chi connectivity index (χ4n) is 3.36. The van der Waals surface area contributed by atoms with Gasteiger partial charge in [-0.05, 0) is 72.3 Å². The van der Waals surface area contributed by atoms with E-state index in [1.165, 1.54) is 23.1 Å². The highest BCUT2D eigenvalue weighted by atomic mass is 35.5. The van der Waals surface area contributed by atoms with Crippen LogP contribution >= 0.6 is 23.2 Å². The summed E-state index contributed by atoms with van der Waals surface area (Å²) in [5.41, 5.74) is 1.90. The number of anilines is 2. The fourth-order valence-corrected chi connectivity index (χ4v) is 3.62. The quantitative estimate of drug-likeness (QED) is 0.430. The van der Waals surface area contributed by atoms with Crippen LogP contribution in [-0.4, -0.2) is 12.3 Å². The average Bonchev–Trinajstić information content (AvgIpc) is 3.05. The molecule has 0 spiro atoms. The molecule has 1 aliphatic rings. The van der Waals surface area contributed by atoms with Crippen LogP contribution in [0, 0.1) is 0 Å². The molecule has 1 atom stereocenters. The van der Waals surface area contributed by atoms with Gasteiger partial charge in [-0.1, -0.05) is 35.3 Å². The van der Waals surface area contributed by atoms with Crippen molar-refractivity contribution in [3.05, 3.63) is 100 Å². The smallest absolute Gasteiger partial charge is 0.406 e. The zero-order valence-electron chi connectivity index (χ0n) is 16.2. The number of nitrogens with zero attached hydrogens (tertiary/aromatic N) is 1. The molecule has 0 saturated carbocycles. The summed E-state index contributed by atoms with van der Waals surface area (Å²) in [5.74, 6) is -0.722. The summed E-state index contributed by atoms with van der Waals surface area (Å²) in [6, 6.07) is 18.3. The lowest BCUT2D eigenvalue weighted by atomic mass is 10.1. The molecular formula is C23H15Cl2F3N2O2. The van der Waals surface area contributed by atoms with Gasteiger partial charge < -0.3 is 10.1 Å². The van der Waals surface area contributed by atoms with Gasteiger partial charge >= 0.3 is 6.36 Å². The third-order valence-corrected chi connectivity index (χ3v) is 5.22. The molecule has 1 heterocycles. The maximum atomic E-state index is 13.3. The highest BCUT2D eigenvalue weighted by molar-refractivity contribution is 6.31. The zero-order valence-corrected chi connectivity index (χ0v) is 17.7. The number of benzene rings is 3. The second-order valence-electron chi connectivity index (χ2n) is 6.93. The van der Waals surface area contributed by atoms with Crippen LogP contribution in [0.5, 0.6) is 5.75 Å². The molecule has 9 heteroatoms. The second-order valence-corrected chi connectivity index (χ2v) is 7.80. The Labute approximate surface area is 191 Å². The number of alkyl halides is 3. The number of ether oxygens (including phenoxy) is 1. The number of carbonyl (C=O) groups excluding carboxylic acids is 1. The Hall–Kier alpha value is -3.16. The standard InChI is InChI=1S/C23H15Cl2F3N2O2/c24-15-4-8-17(9-5-15)29-20-13-21(14-2-1-3-19(12-14)32-23(26,27)28)30(22(20)31)18-10-6-16(25)7-11-18/h1-13,21,29H. The Bertz CT molecular complexity index is 1160. The van der Waals surface area contributed by atoms with Crippen LogP contribution in [0.2, 0.25) is 10.0 Å². The van der Waals surface area contributed by atoms with Crippen molar-refractivity contribution >= 4 is 40.5 Å². The molecule has 1 unspecified atom stereocenters. The summed E-state index contributed by atoms with van der Waals surface area (Å²) in [4.78, 5) is 14.8. The molecule has 1 N–H and O–H groups in total. The number of amides is 1. The van der Waals surface area contributed by atoms with E-state index in [0.29, 0.717) is 27.0 Å². The Balaban J connectivity index is 1.72. The van der Waals surface area contributed by atoms with Crippen LogP contribution in [0.1, 0.15) is 11.6 Å². The van der Waals surface area contributed by atoms with E-state index < -0.39 is 12.4 Å². The SMILES string of the molecule is O=C1C(Nc2ccc(Cl)cc2)=CC(c2cccc(OC(F)(F)F)c2)N1c1ccc(Cl)cc1. The van der Waals surface area contributed by atoms with E-state index in [2.05, 4.69) is 10.1 Å². The minimum atomic E-state index is -4.82. The Kier molecular flexibility index (Phi) is 6.04. The molecule has 32 heavy (non-hydrogen) atoms. The summed E-state index contributed by atoms with van der Waals surface area (Å²) in [7, 11) is 0. The Morgan fingerprint density at radius 3 is 2.16 bits per heavy atom. The van der Waals surface area contributed by atoms with Gasteiger partial charge in [0.15, 0.2) is 0 Å². The van der Waals surface area contributed by atoms with E-state index >= 15 is 0 Å². The maximum absolute atomic E-state index is 13.3. The molecular weight excluding hydrogens is 464 g/mol. The monoisotopic (exact) mass is 478 g/mol. The summed E-state index contributed by atoms with van der Waals surface area (Å²) >= 11 is 11.9. The van der Waals surface area contributed by atoms with Gasteiger partial charge in [-0.2, -0.15) is 0 Å². The molecule has 0 aromatic heterocycles. The van der Waals surface area contributed by atoms with Crippen LogP contribution < -0.4 is 15.0 Å². The van der Waals surface area contributed by atoms with Gasteiger partial charge in [-0.25, -0.2) is 0 Å². The minimum Gasteiger partial charge on any atom is -0.406 e. The van der Waals surface area contributed by atoms with Crippen molar-refractivity contribution in [3.8, 4) is 5.75 Å². The van der Waals surface area contributed by atoms with Gasteiger partial charge in [0.2, 0.25) is 0 Å². The predicted molar refractivity (Wildman–Crippen MR) is 118 cm³/mol. The second kappa shape index (κ2) is 8.76. The van der Waals surface area contributed by atoms with Crippen molar-refractivity contribution in [3.63, 3.8) is 0 Å². The Morgan fingerprint density at radius 1 is 0.906 bits per heavy atom. The number of halogens is 5. The van der Waals surface area contributed by atoms with Crippen LogP contribution in [0.3, 0.4) is 0 Å². The van der Waals surface area contributed by atoms with Crippen molar-refractivity contribution in [1.29, 1.82) is 0 Å². The van der Waals surface area contributed by atoms with Crippen LogP contribution in [0.4, 0.5) is 24.5 Å². The van der Waals surface area contributed by atoms with E-state index in [1.54, 1.807) is 60.7 Å². The average molecular weight is 479 g/mol. The van der Waals surface area contributed by atoms with Gasteiger partial charge in [-0.3, -0.25) is 9.69 Å². The molecule has 4 rings (SSSR count). The molecule has 0 saturated heterocycles. The molecule has 1 aliphatic heterocycles. The van der Waals surface area contributed by atoms with Crippen LogP contribution in [0.25, 0.3) is 0 Å². The summed E-state index contributed by atoms with van der Waals surface area (Å²) in [6.45, 7) is 0. The summed E-state index contributed by atoms with van der Waals surface area (Å²) in [5, 5.41) is 4.09. The predicted octanol–water partition coefficient (Wildman–Crippen LogP) is 6.98. The summed E-state index contributed by atoms with van der Waals surface area (Å²) < 4.78 is 42.1. The normalized spacial score (nSPS) is 16.2. The molecule has 0 bridgehead atoms. The lowest BCUT2D eigenvalue weighted by molar-refractivity contribution is -0.274. The van der Waals surface area contributed by atoms with Crippen molar-refractivity contribution in [2.24, 2.45) is 0 Å². The van der Waals surface area contributed by atoms with Crippen LogP contribution in [0.15, 0.2) is 84.6 Å². The highest BCUT2D eigenvalue weighted by Crippen LogP contribution is 2.38. The first-order valence-electron chi connectivity index (χ1n) is 9.39. The molecule has 0 fully saturated rings. The molecule has 164 valence electrons. The number of hydrogen-bond acceptors (Lipinski definition) is 3. The maximum Gasteiger partial charge on any atom is 0.573 e. The molecule has 3 aromatic carbocycles. The van der Waals surface area contributed by atoms with Gasteiger partial charge in [-0.15, -0.1) is 13.2 Å². The molecule has 0 aliphatic carbocycles. The third kappa shape index (κ3) is 5.00.